The van der Waals surface area contributed by atoms with Crippen molar-refractivity contribution in [1.82, 2.24) is 25.9 Å². The van der Waals surface area contributed by atoms with E-state index >= 15 is 0 Å². The van der Waals surface area contributed by atoms with Gasteiger partial charge in [0, 0.05) is 24.7 Å². The van der Waals surface area contributed by atoms with E-state index in [1.807, 2.05) is 44.2 Å². The molecule has 0 spiro atoms. The molecule has 0 aliphatic carbocycles. The van der Waals surface area contributed by atoms with Gasteiger partial charge in [-0.1, -0.05) is 44.2 Å². The third-order valence-corrected chi connectivity index (χ3v) is 5.05. The topological polar surface area (TPSA) is 179 Å². The number of H-pyrrole nitrogens is 1. The fraction of sp³-hybridized carbons (Fsp3) is 0.435. The predicted octanol–water partition coefficient (Wildman–Crippen LogP) is -0.261. The Hall–Kier alpha value is -3.73. The van der Waals surface area contributed by atoms with Gasteiger partial charge < -0.3 is 31.8 Å². The molecule has 1 aromatic heterocycles. The summed E-state index contributed by atoms with van der Waals surface area (Å²) in [7, 11) is 0. The number of rotatable bonds is 13. The number of hydrogen-bond acceptors (Lipinski definition) is 6. The first-order valence-corrected chi connectivity index (χ1v) is 11.0. The van der Waals surface area contributed by atoms with Crippen LogP contribution in [0.25, 0.3) is 0 Å². The minimum absolute atomic E-state index is 0.0313. The van der Waals surface area contributed by atoms with E-state index in [1.165, 1.54) is 12.5 Å². The zero-order chi connectivity index (χ0) is 25.1. The Balaban J connectivity index is 2.22. The predicted molar refractivity (Wildman–Crippen MR) is 124 cm³/mol. The first kappa shape index (κ1) is 26.5. The maximum Gasteiger partial charge on any atom is 0.326 e. The van der Waals surface area contributed by atoms with Gasteiger partial charge in [-0.25, -0.2) is 9.78 Å². The molecule has 3 unspecified atom stereocenters. The molecule has 11 nitrogen and oxygen atoms in total. The number of nitrogens with one attached hydrogen (secondary N) is 4. The molecule has 0 saturated heterocycles. The summed E-state index contributed by atoms with van der Waals surface area (Å²) in [6, 6.07) is 5.88. The molecule has 34 heavy (non-hydrogen) atoms. The first-order chi connectivity index (χ1) is 16.2. The highest BCUT2D eigenvalue weighted by atomic mass is 16.4. The largest absolute Gasteiger partial charge is 0.480 e. The van der Waals surface area contributed by atoms with E-state index in [2.05, 4.69) is 25.9 Å². The fourth-order valence-corrected chi connectivity index (χ4v) is 3.38. The second-order valence-corrected chi connectivity index (χ2v) is 8.39. The Labute approximate surface area is 197 Å². The Morgan fingerprint density at radius 3 is 2.12 bits per heavy atom. The molecule has 1 heterocycles. The molecule has 0 saturated carbocycles. The van der Waals surface area contributed by atoms with Crippen LogP contribution in [-0.2, 0) is 32.0 Å². The Morgan fingerprint density at radius 1 is 0.971 bits per heavy atom. The van der Waals surface area contributed by atoms with Crippen molar-refractivity contribution < 1.29 is 24.3 Å². The van der Waals surface area contributed by atoms with E-state index in [0.29, 0.717) is 5.69 Å². The molecule has 7 N–H and O–H groups in total. The van der Waals surface area contributed by atoms with Gasteiger partial charge in [-0.3, -0.25) is 14.4 Å². The van der Waals surface area contributed by atoms with Crippen molar-refractivity contribution >= 4 is 23.7 Å². The van der Waals surface area contributed by atoms with E-state index < -0.39 is 41.8 Å². The summed E-state index contributed by atoms with van der Waals surface area (Å²) in [5.74, 6) is -2.90. The van der Waals surface area contributed by atoms with Crippen molar-refractivity contribution in [2.45, 2.75) is 51.2 Å². The van der Waals surface area contributed by atoms with Gasteiger partial charge in [0.15, 0.2) is 0 Å². The van der Waals surface area contributed by atoms with Crippen LogP contribution in [0.1, 0.15) is 31.5 Å². The van der Waals surface area contributed by atoms with Crippen LogP contribution in [0.5, 0.6) is 0 Å². The Morgan fingerprint density at radius 2 is 1.59 bits per heavy atom. The van der Waals surface area contributed by atoms with Gasteiger partial charge in [0.05, 0.1) is 12.9 Å². The minimum atomic E-state index is -1.16. The summed E-state index contributed by atoms with van der Waals surface area (Å²) < 4.78 is 0. The smallest absolute Gasteiger partial charge is 0.326 e. The number of imidazole rings is 1. The lowest BCUT2D eigenvalue weighted by Crippen LogP contribution is -2.57. The highest BCUT2D eigenvalue weighted by molar-refractivity contribution is 5.93. The Bertz CT molecular complexity index is 948. The number of carboxylic acid groups (broad SMARTS) is 1. The van der Waals surface area contributed by atoms with E-state index in [4.69, 9.17) is 5.73 Å². The SMILES string of the molecule is CC(C)CC(NC(=O)C(Cc1cnc[nH]1)NC(=O)C(Cc1ccccc1)NC(=O)CN)C(=O)O. The second kappa shape index (κ2) is 13.1. The average Bonchev–Trinajstić information content (AvgIpc) is 3.31. The average molecular weight is 473 g/mol. The second-order valence-electron chi connectivity index (χ2n) is 8.39. The molecule has 1 aromatic carbocycles. The van der Waals surface area contributed by atoms with Crippen LogP contribution >= 0.6 is 0 Å². The normalized spacial score (nSPS) is 13.5. The monoisotopic (exact) mass is 472 g/mol. The maximum absolute atomic E-state index is 13.2. The third-order valence-electron chi connectivity index (χ3n) is 5.05. The lowest BCUT2D eigenvalue weighted by atomic mass is 10.0. The number of hydrogen-bond donors (Lipinski definition) is 6. The van der Waals surface area contributed by atoms with Gasteiger partial charge in [-0.05, 0) is 17.9 Å². The van der Waals surface area contributed by atoms with Crippen molar-refractivity contribution in [3.63, 3.8) is 0 Å². The molecule has 0 aliphatic heterocycles. The van der Waals surface area contributed by atoms with E-state index in [0.717, 1.165) is 5.56 Å². The quantitative estimate of drug-likeness (QED) is 0.232. The van der Waals surface area contributed by atoms with Crippen molar-refractivity contribution in [2.75, 3.05) is 6.54 Å². The summed E-state index contributed by atoms with van der Waals surface area (Å²) in [6.45, 7) is 3.40. The van der Waals surface area contributed by atoms with Gasteiger partial charge in [0.2, 0.25) is 17.7 Å². The molecule has 11 heteroatoms. The molecule has 3 amide bonds. The number of aliphatic carboxylic acids is 1. The molecular weight excluding hydrogens is 440 g/mol. The zero-order valence-corrected chi connectivity index (χ0v) is 19.3. The fourth-order valence-electron chi connectivity index (χ4n) is 3.38. The number of carbonyl (C=O) groups is 4. The van der Waals surface area contributed by atoms with Gasteiger partial charge in [0.25, 0.3) is 0 Å². The molecule has 0 aliphatic rings. The van der Waals surface area contributed by atoms with E-state index in [9.17, 15) is 24.3 Å². The number of amides is 3. The van der Waals surface area contributed by atoms with Crippen molar-refractivity contribution in [3.8, 4) is 0 Å². The molecule has 3 atom stereocenters. The lowest BCUT2D eigenvalue weighted by Gasteiger charge is -2.25. The maximum atomic E-state index is 13.2. The van der Waals surface area contributed by atoms with Crippen molar-refractivity contribution in [3.05, 3.63) is 54.1 Å². The third kappa shape index (κ3) is 8.66. The number of benzene rings is 1. The molecular formula is C23H32N6O5. The van der Waals surface area contributed by atoms with E-state index in [-0.39, 0.29) is 31.7 Å². The number of carbonyl (C=O) groups excluding carboxylic acids is 3. The van der Waals surface area contributed by atoms with Crippen LogP contribution in [0.3, 0.4) is 0 Å². The molecule has 2 rings (SSSR count). The summed E-state index contributed by atoms with van der Waals surface area (Å²) >= 11 is 0. The summed E-state index contributed by atoms with van der Waals surface area (Å²) in [5.41, 5.74) is 6.78. The first-order valence-electron chi connectivity index (χ1n) is 11.0. The van der Waals surface area contributed by atoms with Crippen molar-refractivity contribution in [1.29, 1.82) is 0 Å². The highest BCUT2D eigenvalue weighted by Crippen LogP contribution is 2.08. The summed E-state index contributed by atoms with van der Waals surface area (Å²) in [4.78, 5) is 56.5. The van der Waals surface area contributed by atoms with Gasteiger partial charge in [0.1, 0.15) is 18.1 Å². The standard InChI is InChI=1S/C23H32N6O5/c1-14(2)8-19(23(33)34)29-22(32)18(10-16-12-25-13-26-16)28-21(31)17(27-20(30)11-24)9-15-6-4-3-5-7-15/h3-7,12-14,17-19H,8-11,24H2,1-2H3,(H,25,26)(H,27,30)(H,28,31)(H,29,32)(H,33,34). The van der Waals surface area contributed by atoms with Crippen LogP contribution in [0.2, 0.25) is 0 Å². The highest BCUT2D eigenvalue weighted by Gasteiger charge is 2.30. The zero-order valence-electron chi connectivity index (χ0n) is 19.3. The number of aromatic amines is 1. The van der Waals surface area contributed by atoms with Gasteiger partial charge in [-0.2, -0.15) is 0 Å². The molecule has 184 valence electrons. The molecule has 0 fully saturated rings. The van der Waals surface area contributed by atoms with Crippen molar-refractivity contribution in [2.24, 2.45) is 11.7 Å². The molecule has 2 aromatic rings. The van der Waals surface area contributed by atoms with Crippen LogP contribution in [0.4, 0.5) is 0 Å². The Kier molecular flexibility index (Phi) is 10.2. The van der Waals surface area contributed by atoms with Crippen LogP contribution in [0, 0.1) is 5.92 Å². The van der Waals surface area contributed by atoms with Crippen LogP contribution in [-0.4, -0.2) is 63.4 Å². The molecule has 0 bridgehead atoms. The molecule has 0 radical (unpaired) electrons. The van der Waals surface area contributed by atoms with E-state index in [1.54, 1.807) is 0 Å². The van der Waals surface area contributed by atoms with Crippen LogP contribution < -0.4 is 21.7 Å². The number of nitrogens with two attached hydrogens (primary N) is 1. The van der Waals surface area contributed by atoms with Crippen LogP contribution in [0.15, 0.2) is 42.9 Å². The lowest BCUT2D eigenvalue weighted by molar-refractivity contribution is -0.142. The summed E-state index contributed by atoms with van der Waals surface area (Å²) in [5, 5.41) is 17.2. The minimum Gasteiger partial charge on any atom is -0.480 e. The van der Waals surface area contributed by atoms with Gasteiger partial charge in [-0.15, -0.1) is 0 Å². The number of carboxylic acids is 1. The number of aromatic nitrogens is 2. The summed E-state index contributed by atoms with van der Waals surface area (Å²) in [6.07, 6.45) is 3.41. The van der Waals surface area contributed by atoms with Gasteiger partial charge >= 0.3 is 5.97 Å². The number of nitrogens with zero attached hydrogens (tertiary/aromatic N) is 1.